The van der Waals surface area contributed by atoms with Gasteiger partial charge in [-0.3, -0.25) is 0 Å². The molecule has 172 valence electrons. The summed E-state index contributed by atoms with van der Waals surface area (Å²) in [5, 5.41) is 2.39. The lowest BCUT2D eigenvalue weighted by atomic mass is 9.85. The second-order valence-corrected chi connectivity index (χ2v) is 10.8. The molecule has 1 saturated carbocycles. The average molecular weight is 447 g/mol. The maximum atomic E-state index is 14.0. The molecule has 0 spiro atoms. The zero-order chi connectivity index (χ0) is 23.7. The molecule has 2 aliphatic carbocycles. The summed E-state index contributed by atoms with van der Waals surface area (Å²) in [5.74, 6) is -1.69. The van der Waals surface area contributed by atoms with Crippen molar-refractivity contribution in [1.29, 1.82) is 0 Å². The van der Waals surface area contributed by atoms with Gasteiger partial charge in [-0.05, 0) is 75.9 Å². The summed E-state index contributed by atoms with van der Waals surface area (Å²) in [6, 6.07) is 11.2. The largest absolute Gasteiger partial charge is 0.248 e. The lowest BCUT2D eigenvalue weighted by Crippen LogP contribution is -2.32. The van der Waals surface area contributed by atoms with Gasteiger partial charge in [-0.1, -0.05) is 52.0 Å². The summed E-state index contributed by atoms with van der Waals surface area (Å²) >= 11 is 0. The van der Waals surface area contributed by atoms with Gasteiger partial charge in [0.25, 0.3) is 0 Å². The number of aromatic nitrogens is 1. The van der Waals surface area contributed by atoms with Gasteiger partial charge in [-0.15, -0.1) is 0 Å². The molecular weight excluding hydrogens is 412 g/mol. The minimum absolute atomic E-state index is 0.000292. The molecule has 0 amide bonds. The third-order valence-electron chi connectivity index (χ3n) is 7.77. The van der Waals surface area contributed by atoms with Crippen molar-refractivity contribution in [3.63, 3.8) is 0 Å². The molecule has 0 N–H and O–H groups in total. The lowest BCUT2D eigenvalue weighted by molar-refractivity contribution is -0.672. The van der Waals surface area contributed by atoms with Crippen LogP contribution in [0.1, 0.15) is 104 Å². The summed E-state index contributed by atoms with van der Waals surface area (Å²) in [6.07, 6.45) is 4.94. The minimum Gasteiger partial charge on any atom is -0.207 e. The third-order valence-corrected chi connectivity index (χ3v) is 7.77. The first-order valence-electron chi connectivity index (χ1n) is 12.3. The standard InChI is InChI=1S/C30H34F2N/c1-17(2)22-13-25(18(3)4)19(5)26(14-22)27-15-24-12-23(21-7-9-30(31,32)16-21)11-20-8-10-33(6)29(27)28(20)24/h8,10-15,17-18,21H,7,9,16H2,1-6H3/q+1. The first-order chi connectivity index (χ1) is 15.6. The topological polar surface area (TPSA) is 3.88 Å². The highest BCUT2D eigenvalue weighted by Gasteiger charge is 2.40. The maximum Gasteiger partial charge on any atom is 0.248 e. The summed E-state index contributed by atoms with van der Waals surface area (Å²) in [5.41, 5.74) is 10.1. The highest BCUT2D eigenvalue weighted by Crippen LogP contribution is 2.47. The van der Waals surface area contributed by atoms with E-state index in [0.29, 0.717) is 18.3 Å². The molecule has 1 fully saturated rings. The predicted octanol–water partition coefficient (Wildman–Crippen LogP) is 8.02. The fraction of sp³-hybridized carbons (Fsp3) is 0.433. The molecule has 2 aliphatic rings. The zero-order valence-electron chi connectivity index (χ0n) is 20.6. The molecular formula is C30H34F2N+. The van der Waals surface area contributed by atoms with Gasteiger partial charge in [-0.2, -0.15) is 0 Å². The van der Waals surface area contributed by atoms with Crippen LogP contribution in [0.25, 0.3) is 22.4 Å². The average Bonchev–Trinajstić information content (AvgIpc) is 3.31. The molecule has 3 aromatic rings. The highest BCUT2D eigenvalue weighted by molar-refractivity contribution is 6.11. The van der Waals surface area contributed by atoms with E-state index >= 15 is 0 Å². The van der Waals surface area contributed by atoms with Crippen LogP contribution in [0.2, 0.25) is 0 Å². The number of benzene rings is 2. The smallest absolute Gasteiger partial charge is 0.207 e. The Kier molecular flexibility index (Phi) is 5.23. The molecule has 1 atom stereocenters. The van der Waals surface area contributed by atoms with E-state index in [4.69, 9.17) is 0 Å². The van der Waals surface area contributed by atoms with E-state index in [0.717, 1.165) is 10.9 Å². The molecule has 5 rings (SSSR count). The Hall–Kier alpha value is -2.55. The lowest BCUT2D eigenvalue weighted by Gasteiger charge is -2.19. The third kappa shape index (κ3) is 3.70. The van der Waals surface area contributed by atoms with Crippen LogP contribution >= 0.6 is 0 Å². The van der Waals surface area contributed by atoms with E-state index in [1.54, 1.807) is 0 Å². The maximum absolute atomic E-state index is 14.0. The minimum atomic E-state index is -2.53. The van der Waals surface area contributed by atoms with Crippen molar-refractivity contribution in [3.05, 3.63) is 75.6 Å². The van der Waals surface area contributed by atoms with Crippen molar-refractivity contribution in [2.45, 2.75) is 77.6 Å². The van der Waals surface area contributed by atoms with Crippen molar-refractivity contribution < 1.29 is 13.3 Å². The number of nitrogens with zero attached hydrogens (tertiary/aromatic N) is 1. The van der Waals surface area contributed by atoms with Crippen molar-refractivity contribution in [1.82, 2.24) is 0 Å². The van der Waals surface area contributed by atoms with Crippen molar-refractivity contribution in [2.24, 2.45) is 7.05 Å². The van der Waals surface area contributed by atoms with Gasteiger partial charge in [-0.25, -0.2) is 13.3 Å². The first-order valence-corrected chi connectivity index (χ1v) is 12.3. The predicted molar refractivity (Wildman–Crippen MR) is 133 cm³/mol. The van der Waals surface area contributed by atoms with Gasteiger partial charge in [0, 0.05) is 18.9 Å². The molecule has 1 unspecified atom stereocenters. The monoisotopic (exact) mass is 446 g/mol. The number of halogens is 2. The molecule has 0 aliphatic heterocycles. The van der Waals surface area contributed by atoms with Gasteiger partial charge < -0.3 is 0 Å². The van der Waals surface area contributed by atoms with E-state index in [1.165, 1.54) is 44.5 Å². The Balaban J connectivity index is 1.71. The summed E-state index contributed by atoms with van der Waals surface area (Å²) in [7, 11) is 2.11. The van der Waals surface area contributed by atoms with Crippen LogP contribution < -0.4 is 4.57 Å². The first kappa shape index (κ1) is 22.3. The fourth-order valence-electron chi connectivity index (χ4n) is 5.87. The SMILES string of the molecule is Cc1c(C2=Cc3cc(C4CCC(F)(F)C4)cc4cc[n+](C)c2c34)cc(C(C)C)cc1C(C)C. The van der Waals surface area contributed by atoms with E-state index < -0.39 is 5.92 Å². The van der Waals surface area contributed by atoms with Crippen molar-refractivity contribution >= 4 is 22.4 Å². The van der Waals surface area contributed by atoms with Crippen molar-refractivity contribution in [2.75, 3.05) is 0 Å². The number of hydrogen-bond acceptors (Lipinski definition) is 0. The van der Waals surface area contributed by atoms with Crippen LogP contribution in [0.3, 0.4) is 0 Å². The fourth-order valence-corrected chi connectivity index (χ4v) is 5.87. The Morgan fingerprint density at radius 3 is 2.42 bits per heavy atom. The Bertz CT molecular complexity index is 1300. The normalized spacial score (nSPS) is 19.2. The highest BCUT2D eigenvalue weighted by atomic mass is 19.3. The Morgan fingerprint density at radius 1 is 1.03 bits per heavy atom. The summed E-state index contributed by atoms with van der Waals surface area (Å²) < 4.78 is 30.1. The number of pyridine rings is 1. The van der Waals surface area contributed by atoms with E-state index in [1.807, 2.05) is 0 Å². The molecule has 1 nitrogen and oxygen atoms in total. The van der Waals surface area contributed by atoms with Crippen LogP contribution in [0.15, 0.2) is 36.5 Å². The Labute approximate surface area is 196 Å². The molecule has 0 bridgehead atoms. The second-order valence-electron chi connectivity index (χ2n) is 10.8. The van der Waals surface area contributed by atoms with Gasteiger partial charge in [0.15, 0.2) is 6.20 Å². The summed E-state index contributed by atoms with van der Waals surface area (Å²) in [4.78, 5) is 0. The van der Waals surface area contributed by atoms with Gasteiger partial charge in [0.05, 0.1) is 11.0 Å². The van der Waals surface area contributed by atoms with Crippen LogP contribution in [0.4, 0.5) is 8.78 Å². The number of alkyl halides is 2. The zero-order valence-corrected chi connectivity index (χ0v) is 20.6. The molecule has 3 heteroatoms. The van der Waals surface area contributed by atoms with Crippen LogP contribution in [0, 0.1) is 6.92 Å². The molecule has 33 heavy (non-hydrogen) atoms. The number of rotatable bonds is 4. The van der Waals surface area contributed by atoms with Crippen LogP contribution in [0.5, 0.6) is 0 Å². The van der Waals surface area contributed by atoms with Gasteiger partial charge >= 0.3 is 0 Å². The van der Waals surface area contributed by atoms with E-state index in [2.05, 4.69) is 88.8 Å². The molecule has 0 radical (unpaired) electrons. The van der Waals surface area contributed by atoms with E-state index in [-0.39, 0.29) is 18.8 Å². The second kappa shape index (κ2) is 7.75. The van der Waals surface area contributed by atoms with Crippen LogP contribution in [-0.4, -0.2) is 5.92 Å². The van der Waals surface area contributed by atoms with E-state index in [9.17, 15) is 8.78 Å². The van der Waals surface area contributed by atoms with Crippen molar-refractivity contribution in [3.8, 4) is 0 Å². The quantitative estimate of drug-likeness (QED) is 0.279. The Morgan fingerprint density at radius 2 is 1.79 bits per heavy atom. The molecule has 1 aromatic heterocycles. The number of hydrogen-bond donors (Lipinski definition) is 0. The molecule has 2 aromatic carbocycles. The van der Waals surface area contributed by atoms with Crippen LogP contribution in [-0.2, 0) is 7.05 Å². The van der Waals surface area contributed by atoms with Gasteiger partial charge in [0.1, 0.15) is 7.05 Å². The molecule has 1 heterocycles. The summed E-state index contributed by atoms with van der Waals surface area (Å²) in [6.45, 7) is 11.3. The van der Waals surface area contributed by atoms with Gasteiger partial charge in [0.2, 0.25) is 11.6 Å². The molecule has 0 saturated heterocycles. The number of aryl methyl sites for hydroxylation is 1.